The molecule has 1 fully saturated rings. The molecule has 0 unspecified atom stereocenters. The number of benzene rings is 1. The van der Waals surface area contributed by atoms with E-state index < -0.39 is 0 Å². The zero-order valence-corrected chi connectivity index (χ0v) is 11.1. The fraction of sp³-hybridized carbons (Fsp3) is 0.538. The average Bonchev–Trinajstić information content (AvgIpc) is 2.46. The van der Waals surface area contributed by atoms with E-state index in [4.69, 9.17) is 4.74 Å². The SMILES string of the molecule is CN(CCN1CCOCC1)c1ccc([N+](=O)[O-])cc1. The number of anilines is 1. The Morgan fingerprint density at radius 3 is 2.53 bits per heavy atom. The molecule has 6 heteroatoms. The molecule has 19 heavy (non-hydrogen) atoms. The molecular weight excluding hydrogens is 246 g/mol. The molecule has 0 spiro atoms. The average molecular weight is 265 g/mol. The third-order valence-electron chi connectivity index (χ3n) is 3.36. The maximum absolute atomic E-state index is 10.6. The molecule has 0 N–H and O–H groups in total. The van der Waals surface area contributed by atoms with Gasteiger partial charge in [-0.25, -0.2) is 0 Å². The summed E-state index contributed by atoms with van der Waals surface area (Å²) >= 11 is 0. The van der Waals surface area contributed by atoms with Crippen LogP contribution in [0, 0.1) is 10.1 Å². The van der Waals surface area contributed by atoms with Crippen molar-refractivity contribution in [2.24, 2.45) is 0 Å². The fourth-order valence-electron chi connectivity index (χ4n) is 2.07. The summed E-state index contributed by atoms with van der Waals surface area (Å²) in [5.74, 6) is 0. The van der Waals surface area contributed by atoms with Gasteiger partial charge in [-0.2, -0.15) is 0 Å². The number of morpholine rings is 1. The van der Waals surface area contributed by atoms with Crippen molar-refractivity contribution in [3.05, 3.63) is 34.4 Å². The van der Waals surface area contributed by atoms with E-state index in [2.05, 4.69) is 9.80 Å². The van der Waals surface area contributed by atoms with Crippen LogP contribution in [-0.4, -0.2) is 56.3 Å². The summed E-state index contributed by atoms with van der Waals surface area (Å²) in [6, 6.07) is 6.66. The summed E-state index contributed by atoms with van der Waals surface area (Å²) < 4.78 is 5.31. The normalized spacial score (nSPS) is 16.3. The topological polar surface area (TPSA) is 58.8 Å². The van der Waals surface area contributed by atoms with Crippen molar-refractivity contribution < 1.29 is 9.66 Å². The van der Waals surface area contributed by atoms with Gasteiger partial charge in [-0.3, -0.25) is 15.0 Å². The molecule has 104 valence electrons. The van der Waals surface area contributed by atoms with Gasteiger partial charge in [0, 0.05) is 51.0 Å². The predicted octanol–water partition coefficient (Wildman–Crippen LogP) is 1.36. The number of nitro benzene ring substituents is 1. The number of ether oxygens (including phenoxy) is 1. The van der Waals surface area contributed by atoms with Crippen LogP contribution in [-0.2, 0) is 4.74 Å². The van der Waals surface area contributed by atoms with Gasteiger partial charge in [0.1, 0.15) is 0 Å². The van der Waals surface area contributed by atoms with Gasteiger partial charge in [-0.05, 0) is 12.1 Å². The number of nitrogens with zero attached hydrogens (tertiary/aromatic N) is 3. The number of rotatable bonds is 5. The predicted molar refractivity (Wildman–Crippen MR) is 73.6 cm³/mol. The van der Waals surface area contributed by atoms with E-state index in [0.717, 1.165) is 45.1 Å². The number of nitro groups is 1. The Bertz CT molecular complexity index is 416. The van der Waals surface area contributed by atoms with Gasteiger partial charge >= 0.3 is 0 Å². The van der Waals surface area contributed by atoms with Crippen molar-refractivity contribution in [1.29, 1.82) is 0 Å². The lowest BCUT2D eigenvalue weighted by molar-refractivity contribution is -0.384. The van der Waals surface area contributed by atoms with Crippen molar-refractivity contribution >= 4 is 11.4 Å². The van der Waals surface area contributed by atoms with Crippen molar-refractivity contribution in [3.63, 3.8) is 0 Å². The minimum atomic E-state index is -0.377. The summed E-state index contributed by atoms with van der Waals surface area (Å²) in [4.78, 5) is 14.7. The van der Waals surface area contributed by atoms with Gasteiger partial charge in [-0.1, -0.05) is 0 Å². The molecule has 1 heterocycles. The standard InChI is InChI=1S/C13H19N3O3/c1-14(6-7-15-8-10-19-11-9-15)12-2-4-13(5-3-12)16(17)18/h2-5H,6-11H2,1H3. The third kappa shape index (κ3) is 3.90. The monoisotopic (exact) mass is 265 g/mol. The molecule has 1 aromatic rings. The lowest BCUT2D eigenvalue weighted by Gasteiger charge is -2.29. The molecule has 0 saturated carbocycles. The Morgan fingerprint density at radius 1 is 1.32 bits per heavy atom. The first-order valence-electron chi connectivity index (χ1n) is 6.42. The zero-order chi connectivity index (χ0) is 13.7. The molecule has 1 aromatic carbocycles. The Labute approximate surface area is 112 Å². The lowest BCUT2D eigenvalue weighted by Crippen LogP contribution is -2.40. The highest BCUT2D eigenvalue weighted by Crippen LogP contribution is 2.18. The second-order valence-electron chi connectivity index (χ2n) is 4.65. The highest BCUT2D eigenvalue weighted by atomic mass is 16.6. The van der Waals surface area contributed by atoms with Crippen LogP contribution in [0.15, 0.2) is 24.3 Å². The van der Waals surface area contributed by atoms with Crippen molar-refractivity contribution in [2.45, 2.75) is 0 Å². The summed E-state index contributed by atoms with van der Waals surface area (Å²) in [5, 5.41) is 10.6. The molecule has 0 aromatic heterocycles. The second kappa shape index (κ2) is 6.49. The largest absolute Gasteiger partial charge is 0.379 e. The smallest absolute Gasteiger partial charge is 0.269 e. The molecule has 1 saturated heterocycles. The second-order valence-corrected chi connectivity index (χ2v) is 4.65. The Kier molecular flexibility index (Phi) is 4.70. The summed E-state index contributed by atoms with van der Waals surface area (Å²) in [6.45, 7) is 5.46. The summed E-state index contributed by atoms with van der Waals surface area (Å²) in [7, 11) is 2.00. The van der Waals surface area contributed by atoms with E-state index in [1.807, 2.05) is 7.05 Å². The van der Waals surface area contributed by atoms with Crippen LogP contribution in [0.5, 0.6) is 0 Å². The van der Waals surface area contributed by atoms with E-state index in [9.17, 15) is 10.1 Å². The minimum Gasteiger partial charge on any atom is -0.379 e. The summed E-state index contributed by atoms with van der Waals surface area (Å²) in [5.41, 5.74) is 1.13. The van der Waals surface area contributed by atoms with Gasteiger partial charge in [0.15, 0.2) is 0 Å². The van der Waals surface area contributed by atoms with Crippen molar-refractivity contribution in [3.8, 4) is 0 Å². The van der Waals surface area contributed by atoms with Gasteiger partial charge < -0.3 is 9.64 Å². The Hall–Kier alpha value is -1.66. The molecular formula is C13H19N3O3. The number of hydrogen-bond donors (Lipinski definition) is 0. The number of likely N-dealkylation sites (N-methyl/N-ethyl adjacent to an activating group) is 1. The van der Waals surface area contributed by atoms with Gasteiger partial charge in [0.25, 0.3) is 5.69 Å². The van der Waals surface area contributed by atoms with Gasteiger partial charge in [0.2, 0.25) is 0 Å². The lowest BCUT2D eigenvalue weighted by atomic mass is 10.2. The van der Waals surface area contributed by atoms with Crippen LogP contribution in [0.3, 0.4) is 0 Å². The maximum atomic E-state index is 10.6. The highest BCUT2D eigenvalue weighted by Gasteiger charge is 2.11. The van der Waals surface area contributed by atoms with Crippen molar-refractivity contribution in [1.82, 2.24) is 4.90 Å². The molecule has 0 radical (unpaired) electrons. The van der Waals surface area contributed by atoms with Crippen molar-refractivity contribution in [2.75, 3.05) is 51.3 Å². The van der Waals surface area contributed by atoms with Gasteiger partial charge in [0.05, 0.1) is 18.1 Å². The molecule has 1 aliphatic heterocycles. The maximum Gasteiger partial charge on any atom is 0.269 e. The van der Waals surface area contributed by atoms with Crippen LogP contribution >= 0.6 is 0 Å². The first-order valence-corrected chi connectivity index (χ1v) is 6.42. The zero-order valence-electron chi connectivity index (χ0n) is 11.1. The van der Waals surface area contributed by atoms with Crippen LogP contribution in [0.25, 0.3) is 0 Å². The van der Waals surface area contributed by atoms with E-state index in [1.54, 1.807) is 24.3 Å². The molecule has 0 bridgehead atoms. The van der Waals surface area contributed by atoms with Gasteiger partial charge in [-0.15, -0.1) is 0 Å². The molecule has 0 aliphatic carbocycles. The number of non-ortho nitro benzene ring substituents is 1. The number of hydrogen-bond acceptors (Lipinski definition) is 5. The van der Waals surface area contributed by atoms with E-state index in [0.29, 0.717) is 0 Å². The van der Waals surface area contributed by atoms with Crippen LogP contribution in [0.4, 0.5) is 11.4 Å². The van der Waals surface area contributed by atoms with Crippen LogP contribution in [0.1, 0.15) is 0 Å². The Balaban J connectivity index is 1.84. The fourth-order valence-corrected chi connectivity index (χ4v) is 2.07. The molecule has 0 atom stereocenters. The van der Waals surface area contributed by atoms with E-state index in [-0.39, 0.29) is 10.6 Å². The third-order valence-corrected chi connectivity index (χ3v) is 3.36. The van der Waals surface area contributed by atoms with Crippen LogP contribution < -0.4 is 4.90 Å². The van der Waals surface area contributed by atoms with E-state index >= 15 is 0 Å². The quantitative estimate of drug-likeness (QED) is 0.594. The van der Waals surface area contributed by atoms with Crippen LogP contribution in [0.2, 0.25) is 0 Å². The first-order chi connectivity index (χ1) is 9.16. The highest BCUT2D eigenvalue weighted by molar-refractivity contribution is 5.50. The molecule has 0 amide bonds. The summed E-state index contributed by atoms with van der Waals surface area (Å²) in [6.07, 6.45) is 0. The first kappa shape index (κ1) is 13.8. The molecule has 6 nitrogen and oxygen atoms in total. The molecule has 2 rings (SSSR count). The van der Waals surface area contributed by atoms with E-state index in [1.165, 1.54) is 0 Å². The Morgan fingerprint density at radius 2 is 1.95 bits per heavy atom. The minimum absolute atomic E-state index is 0.130. The molecule has 1 aliphatic rings.